The van der Waals surface area contributed by atoms with Crippen LogP contribution in [0.25, 0.3) is 0 Å². The molecule has 138 valence electrons. The minimum absolute atomic E-state index is 0.0196. The summed E-state index contributed by atoms with van der Waals surface area (Å²) in [6.07, 6.45) is -0.186. The van der Waals surface area contributed by atoms with E-state index >= 15 is 0 Å². The molecule has 1 fully saturated rings. The fourth-order valence-corrected chi connectivity index (χ4v) is 2.61. The standard InChI is InChI=1S/C16H21F2N3O4/c1-20-6-8-21(9-7-20)13(15(23)24)10-14(22)19-11-2-4-12(5-3-11)25-16(17)18/h2-5,13,16H,6-10H2,1H3,(H,19,22)(H,23,24)/t13-/m1/s1. The van der Waals surface area contributed by atoms with E-state index in [9.17, 15) is 23.5 Å². The van der Waals surface area contributed by atoms with Crippen LogP contribution in [0.3, 0.4) is 0 Å². The zero-order chi connectivity index (χ0) is 18.4. The van der Waals surface area contributed by atoms with Crippen LogP contribution in [-0.4, -0.2) is 72.7 Å². The van der Waals surface area contributed by atoms with Gasteiger partial charge in [-0.2, -0.15) is 8.78 Å². The number of nitrogens with one attached hydrogen (secondary N) is 1. The van der Waals surface area contributed by atoms with Crippen LogP contribution in [-0.2, 0) is 9.59 Å². The highest BCUT2D eigenvalue weighted by atomic mass is 19.3. The van der Waals surface area contributed by atoms with E-state index in [1.165, 1.54) is 24.3 Å². The van der Waals surface area contributed by atoms with Crippen molar-refractivity contribution in [3.8, 4) is 5.75 Å². The topological polar surface area (TPSA) is 82.1 Å². The van der Waals surface area contributed by atoms with Gasteiger partial charge in [-0.15, -0.1) is 0 Å². The van der Waals surface area contributed by atoms with Crippen LogP contribution in [0.4, 0.5) is 14.5 Å². The average Bonchev–Trinajstić information content (AvgIpc) is 2.55. The van der Waals surface area contributed by atoms with Gasteiger partial charge in [0.2, 0.25) is 5.91 Å². The Morgan fingerprint density at radius 1 is 1.20 bits per heavy atom. The lowest BCUT2D eigenvalue weighted by molar-refractivity contribution is -0.145. The molecular weight excluding hydrogens is 336 g/mol. The third kappa shape index (κ3) is 5.95. The molecule has 1 atom stereocenters. The number of rotatable bonds is 7. The second-order valence-corrected chi connectivity index (χ2v) is 5.85. The number of carboxylic acids is 1. The Balaban J connectivity index is 1.91. The molecule has 1 aromatic carbocycles. The Bertz CT molecular complexity index is 590. The number of aliphatic carboxylic acids is 1. The average molecular weight is 357 g/mol. The minimum Gasteiger partial charge on any atom is -0.480 e. The smallest absolute Gasteiger partial charge is 0.387 e. The number of likely N-dealkylation sites (N-methyl/N-ethyl adjacent to an activating group) is 1. The van der Waals surface area contributed by atoms with Crippen LogP contribution in [0, 0.1) is 0 Å². The van der Waals surface area contributed by atoms with Gasteiger partial charge < -0.3 is 20.1 Å². The van der Waals surface area contributed by atoms with Crippen molar-refractivity contribution in [1.29, 1.82) is 0 Å². The monoisotopic (exact) mass is 357 g/mol. The van der Waals surface area contributed by atoms with Gasteiger partial charge in [0.25, 0.3) is 0 Å². The number of halogens is 2. The molecule has 7 nitrogen and oxygen atoms in total. The first-order chi connectivity index (χ1) is 11.8. The van der Waals surface area contributed by atoms with Gasteiger partial charge in [-0.3, -0.25) is 14.5 Å². The van der Waals surface area contributed by atoms with Crippen LogP contribution in [0.2, 0.25) is 0 Å². The molecule has 25 heavy (non-hydrogen) atoms. The number of carbonyl (C=O) groups excluding carboxylic acids is 1. The minimum atomic E-state index is -2.92. The van der Waals surface area contributed by atoms with E-state index in [2.05, 4.69) is 15.0 Å². The molecule has 2 N–H and O–H groups in total. The first-order valence-electron chi connectivity index (χ1n) is 7.85. The summed E-state index contributed by atoms with van der Waals surface area (Å²) in [4.78, 5) is 27.5. The summed E-state index contributed by atoms with van der Waals surface area (Å²) < 4.78 is 28.4. The predicted molar refractivity (Wildman–Crippen MR) is 86.8 cm³/mol. The van der Waals surface area contributed by atoms with E-state index in [0.29, 0.717) is 18.8 Å². The van der Waals surface area contributed by atoms with Crippen molar-refractivity contribution in [2.24, 2.45) is 0 Å². The maximum absolute atomic E-state index is 12.1. The number of hydrogen-bond donors (Lipinski definition) is 2. The molecule has 0 aliphatic carbocycles. The predicted octanol–water partition coefficient (Wildman–Crippen LogP) is 1.32. The molecule has 2 rings (SSSR count). The summed E-state index contributed by atoms with van der Waals surface area (Å²) in [5, 5.41) is 12.0. The van der Waals surface area contributed by atoms with Crippen LogP contribution in [0.1, 0.15) is 6.42 Å². The largest absolute Gasteiger partial charge is 0.480 e. The number of amides is 1. The van der Waals surface area contributed by atoms with Gasteiger partial charge in [0.1, 0.15) is 11.8 Å². The quantitative estimate of drug-likeness (QED) is 0.766. The molecule has 1 aliphatic heterocycles. The van der Waals surface area contributed by atoms with E-state index in [0.717, 1.165) is 13.1 Å². The van der Waals surface area contributed by atoms with Gasteiger partial charge in [0.05, 0.1) is 6.42 Å². The van der Waals surface area contributed by atoms with Crippen LogP contribution < -0.4 is 10.1 Å². The van der Waals surface area contributed by atoms with Crippen molar-refractivity contribution in [2.45, 2.75) is 19.1 Å². The lowest BCUT2D eigenvalue weighted by Gasteiger charge is -2.35. The molecule has 1 aromatic rings. The van der Waals surface area contributed by atoms with Crippen molar-refractivity contribution in [3.63, 3.8) is 0 Å². The number of nitrogens with zero attached hydrogens (tertiary/aromatic N) is 2. The molecule has 1 aliphatic rings. The number of carboxylic acid groups (broad SMARTS) is 1. The molecule has 1 heterocycles. The van der Waals surface area contributed by atoms with Crippen LogP contribution in [0.5, 0.6) is 5.75 Å². The highest BCUT2D eigenvalue weighted by Gasteiger charge is 2.30. The van der Waals surface area contributed by atoms with Gasteiger partial charge in [-0.1, -0.05) is 0 Å². The molecule has 0 aromatic heterocycles. The first-order valence-corrected chi connectivity index (χ1v) is 7.85. The normalized spacial score (nSPS) is 17.3. The molecule has 9 heteroatoms. The first kappa shape index (κ1) is 19.1. The zero-order valence-electron chi connectivity index (χ0n) is 13.8. The third-order valence-corrected chi connectivity index (χ3v) is 4.01. The van der Waals surface area contributed by atoms with Gasteiger partial charge in [0, 0.05) is 31.9 Å². The van der Waals surface area contributed by atoms with E-state index in [1.807, 2.05) is 7.05 Å². The molecule has 0 radical (unpaired) electrons. The summed E-state index contributed by atoms with van der Waals surface area (Å²) in [5.41, 5.74) is 0.383. The van der Waals surface area contributed by atoms with Crippen molar-refractivity contribution >= 4 is 17.6 Å². The van der Waals surface area contributed by atoms with E-state index in [-0.39, 0.29) is 12.2 Å². The Hall–Kier alpha value is -2.26. The second-order valence-electron chi connectivity index (χ2n) is 5.85. The van der Waals surface area contributed by atoms with Crippen LogP contribution in [0.15, 0.2) is 24.3 Å². The lowest BCUT2D eigenvalue weighted by Crippen LogP contribution is -2.52. The van der Waals surface area contributed by atoms with E-state index < -0.39 is 24.5 Å². The molecule has 0 unspecified atom stereocenters. The number of anilines is 1. The number of piperazine rings is 1. The van der Waals surface area contributed by atoms with Crippen molar-refractivity contribution in [2.75, 3.05) is 38.5 Å². The Kier molecular flexibility index (Phi) is 6.65. The summed E-state index contributed by atoms with van der Waals surface area (Å²) >= 11 is 0. The summed E-state index contributed by atoms with van der Waals surface area (Å²) in [5.74, 6) is -1.51. The van der Waals surface area contributed by atoms with Crippen molar-refractivity contribution in [1.82, 2.24) is 9.80 Å². The molecule has 0 spiro atoms. The van der Waals surface area contributed by atoms with Gasteiger partial charge >= 0.3 is 12.6 Å². The molecule has 1 saturated heterocycles. The highest BCUT2D eigenvalue weighted by molar-refractivity contribution is 5.94. The zero-order valence-corrected chi connectivity index (χ0v) is 13.8. The molecule has 1 amide bonds. The number of benzene rings is 1. The second kappa shape index (κ2) is 8.72. The van der Waals surface area contributed by atoms with Crippen molar-refractivity contribution < 1.29 is 28.2 Å². The Morgan fingerprint density at radius 2 is 1.80 bits per heavy atom. The Morgan fingerprint density at radius 3 is 2.32 bits per heavy atom. The summed E-state index contributed by atoms with van der Waals surface area (Å²) in [6, 6.07) is 4.55. The maximum atomic E-state index is 12.1. The summed E-state index contributed by atoms with van der Waals surface area (Å²) in [7, 11) is 1.96. The summed E-state index contributed by atoms with van der Waals surface area (Å²) in [6.45, 7) is -0.255. The molecule has 0 bridgehead atoms. The fourth-order valence-electron chi connectivity index (χ4n) is 2.61. The lowest BCUT2D eigenvalue weighted by atomic mass is 10.1. The van der Waals surface area contributed by atoms with Gasteiger partial charge in [0.15, 0.2) is 0 Å². The molecular formula is C16H21F2N3O4. The number of alkyl halides is 2. The van der Waals surface area contributed by atoms with Gasteiger partial charge in [-0.05, 0) is 31.3 Å². The van der Waals surface area contributed by atoms with Crippen molar-refractivity contribution in [3.05, 3.63) is 24.3 Å². The SMILES string of the molecule is CN1CCN([C@H](CC(=O)Nc2ccc(OC(F)F)cc2)C(=O)O)CC1. The van der Waals surface area contributed by atoms with E-state index in [4.69, 9.17) is 0 Å². The van der Waals surface area contributed by atoms with Gasteiger partial charge in [-0.25, -0.2) is 0 Å². The third-order valence-electron chi connectivity index (χ3n) is 4.01. The number of ether oxygens (including phenoxy) is 1. The number of carbonyl (C=O) groups is 2. The fraction of sp³-hybridized carbons (Fsp3) is 0.500. The number of hydrogen-bond acceptors (Lipinski definition) is 5. The maximum Gasteiger partial charge on any atom is 0.387 e. The van der Waals surface area contributed by atoms with Crippen LogP contribution >= 0.6 is 0 Å². The highest BCUT2D eigenvalue weighted by Crippen LogP contribution is 2.18. The van der Waals surface area contributed by atoms with E-state index in [1.54, 1.807) is 4.90 Å². The Labute approximate surface area is 144 Å². The molecule has 0 saturated carbocycles.